The number of nitro benzene ring substituents is 1. The van der Waals surface area contributed by atoms with Gasteiger partial charge in [0, 0.05) is 6.07 Å². The summed E-state index contributed by atoms with van der Waals surface area (Å²) in [5.74, 6) is 0. The van der Waals surface area contributed by atoms with Crippen molar-refractivity contribution in [2.24, 2.45) is 5.50 Å². The Morgan fingerprint density at radius 2 is 2.00 bits per heavy atom. The van der Waals surface area contributed by atoms with E-state index in [0.717, 1.165) is 6.07 Å². The number of rotatable bonds is 2. The first-order chi connectivity index (χ1) is 5.93. The van der Waals surface area contributed by atoms with Gasteiger partial charge in [0.1, 0.15) is 5.30 Å². The van der Waals surface area contributed by atoms with Gasteiger partial charge in [-0.2, -0.15) is 0 Å². The highest BCUT2D eigenvalue weighted by Gasteiger charge is 2.25. The second kappa shape index (κ2) is 3.26. The summed E-state index contributed by atoms with van der Waals surface area (Å²) in [6.07, 6.45) is 0. The minimum atomic E-state index is -4.05. The van der Waals surface area contributed by atoms with Crippen molar-refractivity contribution in [2.45, 2.75) is 0 Å². The molecule has 0 aliphatic heterocycles. The second-order valence-electron chi connectivity index (χ2n) is 2.37. The average molecular weight is 202 g/mol. The van der Waals surface area contributed by atoms with Crippen LogP contribution in [-0.2, 0) is 4.57 Å². The summed E-state index contributed by atoms with van der Waals surface area (Å²) < 4.78 is 11.0. The van der Waals surface area contributed by atoms with Crippen LogP contribution in [0.2, 0.25) is 0 Å². The number of nitrogens with two attached hydrogens (primary N) is 1. The predicted molar refractivity (Wildman–Crippen MR) is 46.7 cm³/mol. The summed E-state index contributed by atoms with van der Waals surface area (Å²) in [4.78, 5) is 18.6. The highest BCUT2D eigenvalue weighted by atomic mass is 31.2. The van der Waals surface area contributed by atoms with Gasteiger partial charge in [-0.3, -0.25) is 20.2 Å². The molecule has 0 heterocycles. The van der Waals surface area contributed by atoms with E-state index in [1.165, 1.54) is 18.2 Å². The molecule has 70 valence electrons. The number of benzene rings is 1. The number of nitrogens with zero attached hydrogens (tertiary/aromatic N) is 1. The smallest absolute Gasteiger partial charge is 0.301 e. The van der Waals surface area contributed by atoms with Crippen molar-refractivity contribution in [1.82, 2.24) is 0 Å². The van der Waals surface area contributed by atoms with Gasteiger partial charge in [0.25, 0.3) is 5.69 Å². The molecule has 1 atom stereocenters. The van der Waals surface area contributed by atoms with Gasteiger partial charge in [-0.15, -0.1) is 0 Å². The highest BCUT2D eigenvalue weighted by molar-refractivity contribution is 7.64. The Balaban J connectivity index is 3.37. The normalized spacial score (nSPS) is 14.9. The molecule has 0 bridgehead atoms. The van der Waals surface area contributed by atoms with Gasteiger partial charge in [0.15, 0.2) is 0 Å². The molecule has 1 aromatic carbocycles. The van der Waals surface area contributed by atoms with Crippen molar-refractivity contribution in [3.8, 4) is 0 Å². The van der Waals surface area contributed by atoms with Gasteiger partial charge in [0.05, 0.1) is 4.92 Å². The van der Waals surface area contributed by atoms with Crippen molar-refractivity contribution in [2.75, 3.05) is 0 Å². The van der Waals surface area contributed by atoms with Crippen molar-refractivity contribution >= 4 is 18.5 Å². The molecule has 3 N–H and O–H groups in total. The molecule has 0 fully saturated rings. The van der Waals surface area contributed by atoms with Crippen LogP contribution in [0.1, 0.15) is 0 Å². The van der Waals surface area contributed by atoms with Crippen molar-refractivity contribution < 1.29 is 14.4 Å². The third kappa shape index (κ3) is 2.12. The summed E-state index contributed by atoms with van der Waals surface area (Å²) in [7, 11) is -4.05. The van der Waals surface area contributed by atoms with Crippen LogP contribution in [-0.4, -0.2) is 9.82 Å². The third-order valence-electron chi connectivity index (χ3n) is 1.42. The topological polar surface area (TPSA) is 106 Å². The first-order valence-corrected chi connectivity index (χ1v) is 5.01. The molecular formula is C6H7N2O4P. The SMILES string of the molecule is NP(=O)(O)c1ccccc1[N+](=O)[O-]. The van der Waals surface area contributed by atoms with E-state index in [-0.39, 0.29) is 5.30 Å². The van der Waals surface area contributed by atoms with Gasteiger partial charge < -0.3 is 4.89 Å². The lowest BCUT2D eigenvalue weighted by Gasteiger charge is -2.04. The minimum absolute atomic E-state index is 0.333. The van der Waals surface area contributed by atoms with E-state index in [0.29, 0.717) is 0 Å². The molecule has 0 saturated carbocycles. The maximum atomic E-state index is 11.0. The fourth-order valence-electron chi connectivity index (χ4n) is 0.889. The average Bonchev–Trinajstić information content (AvgIpc) is 2.03. The molecule has 1 rings (SSSR count). The number of nitro groups is 1. The van der Waals surface area contributed by atoms with E-state index in [1.54, 1.807) is 0 Å². The van der Waals surface area contributed by atoms with Gasteiger partial charge >= 0.3 is 7.52 Å². The Morgan fingerprint density at radius 3 is 2.38 bits per heavy atom. The zero-order valence-corrected chi connectivity index (χ0v) is 7.35. The van der Waals surface area contributed by atoms with Gasteiger partial charge in [-0.1, -0.05) is 12.1 Å². The van der Waals surface area contributed by atoms with Crippen LogP contribution in [0.3, 0.4) is 0 Å². The summed E-state index contributed by atoms with van der Waals surface area (Å²) >= 11 is 0. The zero-order chi connectivity index (χ0) is 10.1. The van der Waals surface area contributed by atoms with E-state index >= 15 is 0 Å². The fourth-order valence-corrected chi connectivity index (χ4v) is 1.67. The van der Waals surface area contributed by atoms with Crippen molar-refractivity contribution in [3.05, 3.63) is 34.4 Å². The zero-order valence-electron chi connectivity index (χ0n) is 6.45. The minimum Gasteiger partial charge on any atom is -0.330 e. The summed E-state index contributed by atoms with van der Waals surface area (Å²) in [5, 5.41) is 10.1. The molecule has 0 aliphatic rings. The molecule has 0 amide bonds. The van der Waals surface area contributed by atoms with E-state index in [9.17, 15) is 14.7 Å². The number of para-hydroxylation sites is 1. The fraction of sp³-hybridized carbons (Fsp3) is 0. The summed E-state index contributed by atoms with van der Waals surface area (Å²) in [5.41, 5.74) is 4.47. The third-order valence-corrected chi connectivity index (χ3v) is 2.49. The largest absolute Gasteiger partial charge is 0.330 e. The Morgan fingerprint density at radius 1 is 1.46 bits per heavy atom. The summed E-state index contributed by atoms with van der Waals surface area (Å²) in [6, 6.07) is 5.11. The molecule has 1 unspecified atom stereocenters. The van der Waals surface area contributed by atoms with Crippen LogP contribution in [0.4, 0.5) is 5.69 Å². The molecule has 7 heteroatoms. The van der Waals surface area contributed by atoms with E-state index in [1.807, 2.05) is 0 Å². The predicted octanol–water partition coefficient (Wildman–Crippen LogP) is 0.364. The van der Waals surface area contributed by atoms with Crippen molar-refractivity contribution in [3.63, 3.8) is 0 Å². The molecule has 6 nitrogen and oxygen atoms in total. The number of hydrogen-bond acceptors (Lipinski definition) is 3. The molecule has 0 radical (unpaired) electrons. The Hall–Kier alpha value is -1.23. The van der Waals surface area contributed by atoms with Crippen LogP contribution >= 0.6 is 7.52 Å². The maximum absolute atomic E-state index is 11.0. The van der Waals surface area contributed by atoms with Gasteiger partial charge in [-0.05, 0) is 6.07 Å². The highest BCUT2D eigenvalue weighted by Crippen LogP contribution is 2.32. The van der Waals surface area contributed by atoms with E-state index in [4.69, 9.17) is 10.4 Å². The molecule has 0 saturated heterocycles. The van der Waals surface area contributed by atoms with Crippen LogP contribution in [0.5, 0.6) is 0 Å². The lowest BCUT2D eigenvalue weighted by molar-refractivity contribution is -0.383. The first-order valence-electron chi connectivity index (χ1n) is 3.28. The lowest BCUT2D eigenvalue weighted by atomic mass is 10.3. The van der Waals surface area contributed by atoms with Crippen LogP contribution in [0.25, 0.3) is 0 Å². The molecular weight excluding hydrogens is 195 g/mol. The van der Waals surface area contributed by atoms with E-state index in [2.05, 4.69) is 0 Å². The Bertz CT molecular complexity index is 386. The standard InChI is InChI=1S/C6H7N2O4P/c7-13(11,12)6-4-2-1-3-5(6)8(9)10/h1-4H,(H3,7,11,12). The van der Waals surface area contributed by atoms with Crippen LogP contribution < -0.4 is 10.8 Å². The van der Waals surface area contributed by atoms with Crippen molar-refractivity contribution in [1.29, 1.82) is 0 Å². The molecule has 13 heavy (non-hydrogen) atoms. The molecule has 0 spiro atoms. The monoisotopic (exact) mass is 202 g/mol. The van der Waals surface area contributed by atoms with Gasteiger partial charge in [-0.25, -0.2) is 0 Å². The number of hydrogen-bond donors (Lipinski definition) is 2. The Labute approximate surface area is 73.7 Å². The lowest BCUT2D eigenvalue weighted by Crippen LogP contribution is -2.14. The molecule has 1 aromatic rings. The van der Waals surface area contributed by atoms with E-state index < -0.39 is 18.1 Å². The van der Waals surface area contributed by atoms with Crippen LogP contribution in [0.15, 0.2) is 24.3 Å². The maximum Gasteiger partial charge on any atom is 0.301 e. The Kier molecular flexibility index (Phi) is 2.47. The first kappa shape index (κ1) is 9.85. The quantitative estimate of drug-likeness (QED) is 0.409. The van der Waals surface area contributed by atoms with Crippen LogP contribution in [0, 0.1) is 10.1 Å². The second-order valence-corrected chi connectivity index (χ2v) is 4.10. The molecule has 0 aromatic heterocycles. The summed E-state index contributed by atoms with van der Waals surface area (Å²) in [6.45, 7) is 0. The molecule has 0 aliphatic carbocycles. The van der Waals surface area contributed by atoms with Gasteiger partial charge in [0.2, 0.25) is 0 Å².